The van der Waals surface area contributed by atoms with Crippen molar-refractivity contribution >= 4 is 17.4 Å². The highest BCUT2D eigenvalue weighted by atomic mass is 16.1. The SMILES string of the molecule is CNc1cc(-c2ccnc(-c3cc(NC(=O)c4ccnc(C5CC5)c4)cnc3C)n2)ccn1. The number of aryl methyl sites for hydroxylation is 1. The Balaban J connectivity index is 1.42. The molecule has 4 aromatic rings. The molecule has 164 valence electrons. The fraction of sp³-hybridized carbons (Fsp3) is 0.200. The molecule has 0 bridgehead atoms. The second-order valence-electron chi connectivity index (χ2n) is 8.00. The first-order chi connectivity index (χ1) is 16.1. The molecule has 4 heterocycles. The quantitative estimate of drug-likeness (QED) is 0.458. The lowest BCUT2D eigenvalue weighted by molar-refractivity contribution is 0.102. The molecular weight excluding hydrogens is 414 g/mol. The molecule has 2 N–H and O–H groups in total. The van der Waals surface area contributed by atoms with Gasteiger partial charge in [-0.15, -0.1) is 0 Å². The number of pyridine rings is 3. The van der Waals surface area contributed by atoms with Gasteiger partial charge in [0.15, 0.2) is 5.82 Å². The average Bonchev–Trinajstić information content (AvgIpc) is 3.71. The smallest absolute Gasteiger partial charge is 0.255 e. The highest BCUT2D eigenvalue weighted by Crippen LogP contribution is 2.39. The number of rotatable bonds is 6. The van der Waals surface area contributed by atoms with E-state index in [-0.39, 0.29) is 5.91 Å². The van der Waals surface area contributed by atoms with E-state index in [0.717, 1.165) is 46.9 Å². The molecule has 0 saturated heterocycles. The van der Waals surface area contributed by atoms with Gasteiger partial charge in [-0.25, -0.2) is 15.0 Å². The standard InChI is InChI=1S/C25H23N7O/c1-15-20(24-29-10-7-21(32-24)17-5-9-28-23(12-17)26-2)13-19(14-30-15)31-25(33)18-6-8-27-22(11-18)16-3-4-16/h5-14,16H,3-4H2,1-2H3,(H,26,28)(H,31,33). The van der Waals surface area contributed by atoms with Crippen LogP contribution in [0, 0.1) is 6.92 Å². The molecule has 1 aliphatic rings. The number of hydrogen-bond donors (Lipinski definition) is 2. The molecule has 0 unspecified atom stereocenters. The number of carbonyl (C=O) groups is 1. The second-order valence-corrected chi connectivity index (χ2v) is 8.00. The van der Waals surface area contributed by atoms with Crippen molar-refractivity contribution in [3.05, 3.63) is 78.1 Å². The van der Waals surface area contributed by atoms with Crippen LogP contribution in [0.2, 0.25) is 0 Å². The van der Waals surface area contributed by atoms with Gasteiger partial charge in [-0.1, -0.05) is 0 Å². The summed E-state index contributed by atoms with van der Waals surface area (Å²) in [7, 11) is 1.82. The summed E-state index contributed by atoms with van der Waals surface area (Å²) in [5.74, 6) is 1.59. The lowest BCUT2D eigenvalue weighted by Gasteiger charge is -2.10. The Morgan fingerprint density at radius 1 is 0.970 bits per heavy atom. The van der Waals surface area contributed by atoms with Crippen LogP contribution in [0.25, 0.3) is 22.6 Å². The number of nitrogens with zero attached hydrogens (tertiary/aromatic N) is 5. The van der Waals surface area contributed by atoms with E-state index in [1.165, 1.54) is 0 Å². The van der Waals surface area contributed by atoms with Gasteiger partial charge < -0.3 is 10.6 Å². The first-order valence-electron chi connectivity index (χ1n) is 10.8. The molecule has 1 aliphatic carbocycles. The van der Waals surface area contributed by atoms with Gasteiger partial charge in [0, 0.05) is 59.6 Å². The minimum Gasteiger partial charge on any atom is -0.373 e. The highest BCUT2D eigenvalue weighted by Gasteiger charge is 2.25. The van der Waals surface area contributed by atoms with E-state index in [0.29, 0.717) is 23.0 Å². The van der Waals surface area contributed by atoms with E-state index < -0.39 is 0 Å². The maximum atomic E-state index is 12.8. The van der Waals surface area contributed by atoms with Crippen molar-refractivity contribution in [3.63, 3.8) is 0 Å². The third-order valence-electron chi connectivity index (χ3n) is 5.59. The number of anilines is 2. The van der Waals surface area contributed by atoms with Crippen LogP contribution < -0.4 is 10.6 Å². The van der Waals surface area contributed by atoms with Crippen molar-refractivity contribution in [1.82, 2.24) is 24.9 Å². The molecule has 0 radical (unpaired) electrons. The lowest BCUT2D eigenvalue weighted by atomic mass is 10.1. The van der Waals surface area contributed by atoms with E-state index in [9.17, 15) is 4.79 Å². The molecule has 4 aromatic heterocycles. The van der Waals surface area contributed by atoms with Gasteiger partial charge in [0.1, 0.15) is 5.82 Å². The second kappa shape index (κ2) is 8.74. The van der Waals surface area contributed by atoms with Crippen LogP contribution in [0.3, 0.4) is 0 Å². The minimum absolute atomic E-state index is 0.193. The summed E-state index contributed by atoms with van der Waals surface area (Å²) in [6.45, 7) is 1.90. The zero-order chi connectivity index (χ0) is 22.8. The van der Waals surface area contributed by atoms with Crippen LogP contribution in [0.15, 0.2) is 61.2 Å². The average molecular weight is 438 g/mol. The predicted octanol–water partition coefficient (Wildman–Crippen LogP) is 4.48. The largest absolute Gasteiger partial charge is 0.373 e. The summed E-state index contributed by atoms with van der Waals surface area (Å²) in [5.41, 5.74) is 5.38. The van der Waals surface area contributed by atoms with Crippen molar-refractivity contribution in [2.75, 3.05) is 17.7 Å². The summed E-state index contributed by atoms with van der Waals surface area (Å²) in [6, 6.07) is 11.1. The van der Waals surface area contributed by atoms with Crippen LogP contribution in [0.1, 0.15) is 40.5 Å². The van der Waals surface area contributed by atoms with Crippen molar-refractivity contribution in [2.45, 2.75) is 25.7 Å². The first-order valence-corrected chi connectivity index (χ1v) is 10.8. The van der Waals surface area contributed by atoms with Crippen LogP contribution >= 0.6 is 0 Å². The number of aromatic nitrogens is 5. The lowest BCUT2D eigenvalue weighted by Crippen LogP contribution is -2.13. The molecule has 8 heteroatoms. The van der Waals surface area contributed by atoms with Gasteiger partial charge in [-0.05, 0) is 56.2 Å². The maximum absolute atomic E-state index is 12.8. The molecule has 5 rings (SSSR count). The summed E-state index contributed by atoms with van der Waals surface area (Å²) >= 11 is 0. The molecule has 0 aromatic carbocycles. The van der Waals surface area contributed by atoms with Gasteiger partial charge in [0.25, 0.3) is 5.91 Å². The molecule has 8 nitrogen and oxygen atoms in total. The van der Waals surface area contributed by atoms with Gasteiger partial charge in [-0.3, -0.25) is 14.8 Å². The minimum atomic E-state index is -0.193. The molecule has 0 aliphatic heterocycles. The van der Waals surface area contributed by atoms with Crippen LogP contribution in [0.4, 0.5) is 11.5 Å². The molecule has 33 heavy (non-hydrogen) atoms. The fourth-order valence-electron chi connectivity index (χ4n) is 3.60. The van der Waals surface area contributed by atoms with E-state index in [1.54, 1.807) is 30.9 Å². The molecular formula is C25H23N7O. The van der Waals surface area contributed by atoms with E-state index in [4.69, 9.17) is 4.98 Å². The highest BCUT2D eigenvalue weighted by molar-refractivity contribution is 6.04. The van der Waals surface area contributed by atoms with Gasteiger partial charge in [0.2, 0.25) is 0 Å². The molecule has 1 amide bonds. The Labute approximate surface area is 191 Å². The third kappa shape index (κ3) is 4.55. The summed E-state index contributed by atoms with van der Waals surface area (Å²) in [5, 5.41) is 5.98. The van der Waals surface area contributed by atoms with Gasteiger partial charge in [-0.2, -0.15) is 0 Å². The molecule has 0 spiro atoms. The molecule has 0 atom stereocenters. The Morgan fingerprint density at radius 3 is 2.61 bits per heavy atom. The van der Waals surface area contributed by atoms with Gasteiger partial charge >= 0.3 is 0 Å². The van der Waals surface area contributed by atoms with E-state index in [2.05, 4.69) is 30.6 Å². The number of hydrogen-bond acceptors (Lipinski definition) is 7. The summed E-state index contributed by atoms with van der Waals surface area (Å²) < 4.78 is 0. The Bertz CT molecular complexity index is 1330. The van der Waals surface area contributed by atoms with Gasteiger partial charge in [0.05, 0.1) is 17.6 Å². The third-order valence-corrected chi connectivity index (χ3v) is 5.59. The summed E-state index contributed by atoms with van der Waals surface area (Å²) in [6.07, 6.45) is 9.07. The normalized spacial score (nSPS) is 12.9. The van der Waals surface area contributed by atoms with Crippen LogP contribution in [-0.4, -0.2) is 37.9 Å². The van der Waals surface area contributed by atoms with Crippen molar-refractivity contribution in [1.29, 1.82) is 0 Å². The zero-order valence-corrected chi connectivity index (χ0v) is 18.4. The van der Waals surface area contributed by atoms with Crippen molar-refractivity contribution in [2.24, 2.45) is 0 Å². The molecule has 1 saturated carbocycles. The fourth-order valence-corrected chi connectivity index (χ4v) is 3.60. The van der Waals surface area contributed by atoms with E-state index in [1.807, 2.05) is 44.3 Å². The number of nitrogens with one attached hydrogen (secondary N) is 2. The molecule has 1 fully saturated rings. The number of amides is 1. The summed E-state index contributed by atoms with van der Waals surface area (Å²) in [4.78, 5) is 35.1. The zero-order valence-electron chi connectivity index (χ0n) is 18.4. The first kappa shape index (κ1) is 20.7. The Kier molecular flexibility index (Phi) is 5.48. The Hall–Kier alpha value is -4.20. The Morgan fingerprint density at radius 2 is 1.79 bits per heavy atom. The predicted molar refractivity (Wildman–Crippen MR) is 127 cm³/mol. The maximum Gasteiger partial charge on any atom is 0.255 e. The van der Waals surface area contributed by atoms with Crippen molar-refractivity contribution < 1.29 is 4.79 Å². The monoisotopic (exact) mass is 437 g/mol. The topological polar surface area (TPSA) is 106 Å². The van der Waals surface area contributed by atoms with Crippen LogP contribution in [-0.2, 0) is 0 Å². The van der Waals surface area contributed by atoms with Crippen molar-refractivity contribution in [3.8, 4) is 22.6 Å². The van der Waals surface area contributed by atoms with E-state index >= 15 is 0 Å². The number of carbonyl (C=O) groups excluding carboxylic acids is 1. The van der Waals surface area contributed by atoms with Crippen LogP contribution in [0.5, 0.6) is 0 Å².